The van der Waals surface area contributed by atoms with Crippen LogP contribution >= 0.6 is 11.6 Å². The van der Waals surface area contributed by atoms with Gasteiger partial charge in [0.15, 0.2) is 0 Å². The topological polar surface area (TPSA) is 80.5 Å². The van der Waals surface area contributed by atoms with E-state index < -0.39 is 27.6 Å². The highest BCUT2D eigenvalue weighted by Crippen LogP contribution is 2.66. The van der Waals surface area contributed by atoms with Crippen LogP contribution in [0.5, 0.6) is 0 Å². The van der Waals surface area contributed by atoms with Crippen LogP contribution in [0, 0.1) is 22.0 Å². The summed E-state index contributed by atoms with van der Waals surface area (Å²) in [5, 5.41) is 11.4. The summed E-state index contributed by atoms with van der Waals surface area (Å²) in [7, 11) is 0. The minimum absolute atomic E-state index is 0.0425. The number of benzene rings is 3. The lowest BCUT2D eigenvalue weighted by atomic mass is 9.42. The third-order valence-electron chi connectivity index (χ3n) is 8.03. The molecule has 0 radical (unpaired) electrons. The largest absolute Gasteiger partial charge is 0.289 e. The summed E-state index contributed by atoms with van der Waals surface area (Å²) in [6, 6.07) is 20.1. The van der Waals surface area contributed by atoms with Crippen LogP contribution in [-0.4, -0.2) is 16.7 Å². The molecular formula is C26H19ClN2O4. The molecule has 0 aromatic heterocycles. The molecule has 4 aliphatic rings. The molecule has 1 heterocycles. The van der Waals surface area contributed by atoms with Crippen molar-refractivity contribution in [3.05, 3.63) is 104 Å². The predicted molar refractivity (Wildman–Crippen MR) is 123 cm³/mol. The highest BCUT2D eigenvalue weighted by molar-refractivity contribution is 6.33. The zero-order valence-corrected chi connectivity index (χ0v) is 18.7. The number of nitro benzene ring substituents is 1. The van der Waals surface area contributed by atoms with E-state index in [1.807, 2.05) is 62.4 Å². The van der Waals surface area contributed by atoms with E-state index in [0.717, 1.165) is 27.2 Å². The molecule has 0 unspecified atom stereocenters. The standard InChI is InChI=1S/C26H19ClN2O4/c1-25-15-7-3-5-9-17(15)26(2,18-10-6-4-8-16(18)25)22-21(25)23(30)28(24(22)31)14-11-12-19(27)20(13-14)29(32)33/h3-13,21-22H,1-2H3/t21-,22-,25?,26?/m0/s1. The molecule has 2 bridgehead atoms. The summed E-state index contributed by atoms with van der Waals surface area (Å²) in [5.74, 6) is -1.90. The molecule has 3 aromatic carbocycles. The van der Waals surface area contributed by atoms with Gasteiger partial charge < -0.3 is 0 Å². The number of carbonyl (C=O) groups excluding carboxylic acids is 2. The summed E-state index contributed by atoms with van der Waals surface area (Å²) < 4.78 is 0. The number of rotatable bonds is 2. The summed E-state index contributed by atoms with van der Waals surface area (Å²) in [5.41, 5.74) is 2.65. The number of nitro groups is 1. The van der Waals surface area contributed by atoms with Gasteiger partial charge in [-0.25, -0.2) is 4.90 Å². The normalized spacial score (nSPS) is 29.0. The first kappa shape index (κ1) is 20.1. The fraction of sp³-hybridized carbons (Fsp3) is 0.231. The van der Waals surface area contributed by atoms with E-state index in [-0.39, 0.29) is 28.2 Å². The van der Waals surface area contributed by atoms with Gasteiger partial charge in [-0.3, -0.25) is 19.7 Å². The fourth-order valence-electron chi connectivity index (χ4n) is 6.61. The molecular weight excluding hydrogens is 440 g/mol. The Balaban J connectivity index is 1.62. The SMILES string of the molecule is CC12c3ccccc3C(C)(c3ccccc31)[C@@H]1C(=O)N(c3ccc(Cl)c([N+](=O)[O-])c3)C(=O)[C@H]12. The van der Waals surface area contributed by atoms with E-state index in [0.29, 0.717) is 0 Å². The molecule has 6 nitrogen and oxygen atoms in total. The predicted octanol–water partition coefficient (Wildman–Crippen LogP) is 4.99. The molecule has 2 amide bonds. The van der Waals surface area contributed by atoms with E-state index in [2.05, 4.69) is 0 Å². The molecule has 1 saturated heterocycles. The molecule has 164 valence electrons. The Morgan fingerprint density at radius 1 is 0.818 bits per heavy atom. The van der Waals surface area contributed by atoms with Crippen LogP contribution in [0.25, 0.3) is 0 Å². The lowest BCUT2D eigenvalue weighted by molar-refractivity contribution is -0.384. The Labute approximate surface area is 194 Å². The third kappa shape index (κ3) is 2.19. The molecule has 3 aromatic rings. The molecule has 1 aliphatic heterocycles. The zero-order valence-electron chi connectivity index (χ0n) is 17.9. The zero-order chi connectivity index (χ0) is 23.3. The highest BCUT2D eigenvalue weighted by Gasteiger charge is 2.70. The monoisotopic (exact) mass is 458 g/mol. The first-order valence-corrected chi connectivity index (χ1v) is 11.1. The van der Waals surface area contributed by atoms with Gasteiger partial charge in [-0.1, -0.05) is 74.0 Å². The van der Waals surface area contributed by atoms with Gasteiger partial charge in [0.25, 0.3) is 5.69 Å². The second-order valence-electron chi connectivity index (χ2n) is 9.36. The van der Waals surface area contributed by atoms with E-state index in [1.54, 1.807) is 0 Å². The van der Waals surface area contributed by atoms with Crippen molar-refractivity contribution in [1.82, 2.24) is 0 Å². The van der Waals surface area contributed by atoms with E-state index in [1.165, 1.54) is 18.2 Å². The summed E-state index contributed by atoms with van der Waals surface area (Å²) in [4.78, 5) is 39.9. The number of anilines is 1. The van der Waals surface area contributed by atoms with Crippen molar-refractivity contribution >= 4 is 34.8 Å². The summed E-state index contributed by atoms with van der Waals surface area (Å²) in [6.45, 7) is 4.08. The van der Waals surface area contributed by atoms with Crippen molar-refractivity contribution in [3.63, 3.8) is 0 Å². The molecule has 0 spiro atoms. The Bertz CT molecular complexity index is 1290. The number of amides is 2. The van der Waals surface area contributed by atoms with Crippen molar-refractivity contribution in [1.29, 1.82) is 0 Å². The van der Waals surface area contributed by atoms with Crippen LogP contribution in [0.2, 0.25) is 5.02 Å². The summed E-state index contributed by atoms with van der Waals surface area (Å²) >= 11 is 5.98. The first-order valence-electron chi connectivity index (χ1n) is 10.7. The molecule has 7 heteroatoms. The van der Waals surface area contributed by atoms with Gasteiger partial charge in [-0.2, -0.15) is 0 Å². The number of halogens is 1. The fourth-order valence-corrected chi connectivity index (χ4v) is 6.79. The van der Waals surface area contributed by atoms with Crippen LogP contribution in [0.4, 0.5) is 11.4 Å². The maximum atomic E-state index is 14.0. The minimum atomic E-state index is -0.699. The molecule has 7 rings (SSSR count). The van der Waals surface area contributed by atoms with E-state index in [9.17, 15) is 19.7 Å². The second-order valence-corrected chi connectivity index (χ2v) is 9.76. The number of nitrogens with zero attached hydrogens (tertiary/aromatic N) is 2. The van der Waals surface area contributed by atoms with Crippen LogP contribution < -0.4 is 4.90 Å². The lowest BCUT2D eigenvalue weighted by Crippen LogP contribution is -2.59. The molecule has 1 fully saturated rings. The maximum Gasteiger partial charge on any atom is 0.289 e. The second kappa shape index (κ2) is 6.29. The van der Waals surface area contributed by atoms with Crippen LogP contribution in [0.3, 0.4) is 0 Å². The number of carbonyl (C=O) groups is 2. The van der Waals surface area contributed by atoms with Gasteiger partial charge in [0.2, 0.25) is 11.8 Å². The minimum Gasteiger partial charge on any atom is -0.274 e. The van der Waals surface area contributed by atoms with Gasteiger partial charge in [0.1, 0.15) is 5.02 Å². The first-order chi connectivity index (χ1) is 15.7. The van der Waals surface area contributed by atoms with Crippen molar-refractivity contribution in [2.45, 2.75) is 24.7 Å². The smallest absolute Gasteiger partial charge is 0.274 e. The van der Waals surface area contributed by atoms with Crippen LogP contribution in [0.1, 0.15) is 36.1 Å². The van der Waals surface area contributed by atoms with Crippen molar-refractivity contribution in [2.75, 3.05) is 4.90 Å². The number of hydrogen-bond donors (Lipinski definition) is 0. The lowest BCUT2D eigenvalue weighted by Gasteiger charge is -2.57. The highest BCUT2D eigenvalue weighted by atomic mass is 35.5. The van der Waals surface area contributed by atoms with Gasteiger partial charge in [-0.15, -0.1) is 0 Å². The molecule has 3 aliphatic carbocycles. The quantitative estimate of drug-likeness (QED) is 0.307. The third-order valence-corrected chi connectivity index (χ3v) is 8.35. The average molecular weight is 459 g/mol. The molecule has 33 heavy (non-hydrogen) atoms. The molecule has 2 atom stereocenters. The van der Waals surface area contributed by atoms with Crippen molar-refractivity contribution in [3.8, 4) is 0 Å². The Kier molecular flexibility index (Phi) is 3.84. The van der Waals surface area contributed by atoms with Crippen LogP contribution in [-0.2, 0) is 20.4 Å². The number of imide groups is 1. The van der Waals surface area contributed by atoms with E-state index in [4.69, 9.17) is 11.6 Å². The Morgan fingerprint density at radius 2 is 1.24 bits per heavy atom. The Morgan fingerprint density at radius 3 is 1.64 bits per heavy atom. The van der Waals surface area contributed by atoms with Crippen molar-refractivity contribution < 1.29 is 14.5 Å². The molecule has 0 saturated carbocycles. The van der Waals surface area contributed by atoms with Gasteiger partial charge in [-0.05, 0) is 34.4 Å². The van der Waals surface area contributed by atoms with Gasteiger partial charge in [0.05, 0.1) is 22.4 Å². The number of hydrogen-bond acceptors (Lipinski definition) is 4. The van der Waals surface area contributed by atoms with Crippen LogP contribution in [0.15, 0.2) is 66.7 Å². The van der Waals surface area contributed by atoms with Gasteiger partial charge >= 0.3 is 0 Å². The average Bonchev–Trinajstić information content (AvgIpc) is 3.09. The van der Waals surface area contributed by atoms with Gasteiger partial charge in [0, 0.05) is 16.9 Å². The summed E-state index contributed by atoms with van der Waals surface area (Å²) in [6.07, 6.45) is 0. The maximum absolute atomic E-state index is 14.0. The van der Waals surface area contributed by atoms with Crippen molar-refractivity contribution in [2.24, 2.45) is 11.8 Å². The Hall–Kier alpha value is -3.51. The van der Waals surface area contributed by atoms with E-state index >= 15 is 0 Å². The molecule has 0 N–H and O–H groups in total.